The highest BCUT2D eigenvalue weighted by atomic mass is 35.5. The van der Waals surface area contributed by atoms with Gasteiger partial charge in [-0.1, -0.05) is 41.6 Å². The summed E-state index contributed by atoms with van der Waals surface area (Å²) in [5.74, 6) is -0.477. The fourth-order valence-electron chi connectivity index (χ4n) is 2.04. The van der Waals surface area contributed by atoms with Gasteiger partial charge >= 0.3 is 5.97 Å². The maximum atomic E-state index is 11.9. The molecule has 0 bridgehead atoms. The lowest BCUT2D eigenvalue weighted by Gasteiger charge is -2.33. The van der Waals surface area contributed by atoms with Crippen LogP contribution in [0.4, 0.5) is 5.69 Å². The molecule has 2 atom stereocenters. The Morgan fingerprint density at radius 1 is 1.65 bits per heavy atom. The van der Waals surface area contributed by atoms with Crippen LogP contribution in [0, 0.1) is 0 Å². The van der Waals surface area contributed by atoms with Crippen LogP contribution in [0.5, 0.6) is 0 Å². The Morgan fingerprint density at radius 3 is 2.95 bits per heavy atom. The Morgan fingerprint density at radius 2 is 2.35 bits per heavy atom. The van der Waals surface area contributed by atoms with Crippen LogP contribution in [0.1, 0.15) is 13.8 Å². The highest BCUT2D eigenvalue weighted by Crippen LogP contribution is 2.42. The largest absolute Gasteiger partial charge is 0.465 e. The molecule has 2 rings (SSSR count). The van der Waals surface area contributed by atoms with Crippen LogP contribution in [0.25, 0.3) is 0 Å². The third kappa shape index (κ3) is 2.79. The molecule has 1 aliphatic heterocycles. The summed E-state index contributed by atoms with van der Waals surface area (Å²) in [5.41, 5.74) is -0.814. The fourth-order valence-corrected chi connectivity index (χ4v) is 3.89. The summed E-state index contributed by atoms with van der Waals surface area (Å²) in [7, 11) is 0. The van der Waals surface area contributed by atoms with E-state index in [0.717, 1.165) is 11.8 Å². The number of hydrogen-bond donors (Lipinski definition) is 1. The van der Waals surface area contributed by atoms with Crippen molar-refractivity contribution in [3.8, 4) is 0 Å². The average molecular weight is 332 g/mol. The van der Waals surface area contributed by atoms with Gasteiger partial charge < -0.3 is 9.84 Å². The van der Waals surface area contributed by atoms with Gasteiger partial charge in [-0.15, -0.1) is 0 Å². The molecule has 0 saturated carbocycles. The molecule has 1 heterocycles. The van der Waals surface area contributed by atoms with Gasteiger partial charge in [0.05, 0.1) is 6.61 Å². The molecule has 1 N–H and O–H groups in total. The summed E-state index contributed by atoms with van der Waals surface area (Å²) >= 11 is 12.4. The summed E-state index contributed by atoms with van der Waals surface area (Å²) in [4.78, 5) is 13.5. The van der Waals surface area contributed by atoms with E-state index in [0.29, 0.717) is 15.0 Å². The minimum atomic E-state index is -1.46. The Hall–Kier alpha value is -0.820. The highest BCUT2D eigenvalue weighted by Gasteiger charge is 2.52. The second kappa shape index (κ2) is 5.89. The molecule has 0 spiro atoms. The van der Waals surface area contributed by atoms with E-state index < -0.39 is 16.9 Å². The molecule has 0 aliphatic carbocycles. The zero-order valence-corrected chi connectivity index (χ0v) is 13.4. The fraction of sp³-hybridized carbons (Fsp3) is 0.385. The Bertz CT molecular complexity index is 550. The van der Waals surface area contributed by atoms with E-state index in [4.69, 9.17) is 28.6 Å². The molecule has 1 aromatic rings. The molecule has 20 heavy (non-hydrogen) atoms. The normalized spacial score (nSPS) is 25.9. The standard InChI is InChI=1S/C13H14ClNO3S2/c1-3-18-11(16)10-13(2,17)15(12(19)20-10)9-6-4-5-8(14)7-9/h4-7,10,17H,3H2,1-2H3. The van der Waals surface area contributed by atoms with Crippen LogP contribution in [-0.2, 0) is 9.53 Å². The van der Waals surface area contributed by atoms with E-state index in [-0.39, 0.29) is 6.61 Å². The number of halogens is 1. The lowest BCUT2D eigenvalue weighted by molar-refractivity contribution is -0.146. The van der Waals surface area contributed by atoms with Gasteiger partial charge in [0, 0.05) is 10.7 Å². The Balaban J connectivity index is 2.35. The van der Waals surface area contributed by atoms with Crippen molar-refractivity contribution >= 4 is 51.6 Å². The molecule has 1 fully saturated rings. The number of thiocarbonyl (C=S) groups is 1. The summed E-state index contributed by atoms with van der Waals surface area (Å²) in [6, 6.07) is 6.96. The van der Waals surface area contributed by atoms with Crippen LogP contribution in [0.3, 0.4) is 0 Å². The lowest BCUT2D eigenvalue weighted by atomic mass is 10.1. The van der Waals surface area contributed by atoms with Gasteiger partial charge in [-0.2, -0.15) is 0 Å². The molecular weight excluding hydrogens is 318 g/mol. The number of ether oxygens (including phenoxy) is 1. The average Bonchev–Trinajstić information content (AvgIpc) is 2.59. The second-order valence-corrected chi connectivity index (χ2v) is 6.60. The highest BCUT2D eigenvalue weighted by molar-refractivity contribution is 8.24. The predicted molar refractivity (Wildman–Crippen MR) is 85.2 cm³/mol. The van der Waals surface area contributed by atoms with E-state index in [9.17, 15) is 9.90 Å². The van der Waals surface area contributed by atoms with E-state index in [1.54, 1.807) is 38.1 Å². The van der Waals surface area contributed by atoms with Crippen molar-refractivity contribution in [1.82, 2.24) is 0 Å². The zero-order chi connectivity index (χ0) is 14.9. The first-order chi connectivity index (χ1) is 9.37. The number of rotatable bonds is 3. The summed E-state index contributed by atoms with van der Waals surface area (Å²) in [5, 5.41) is 10.4. The number of carbonyl (C=O) groups is 1. The summed E-state index contributed by atoms with van der Waals surface area (Å²) in [6.07, 6.45) is 0. The van der Waals surface area contributed by atoms with Crippen molar-refractivity contribution in [2.24, 2.45) is 0 Å². The van der Waals surface area contributed by atoms with E-state index in [1.807, 2.05) is 0 Å². The van der Waals surface area contributed by atoms with E-state index in [2.05, 4.69) is 0 Å². The quantitative estimate of drug-likeness (QED) is 0.679. The molecule has 4 nitrogen and oxygen atoms in total. The topological polar surface area (TPSA) is 49.8 Å². The van der Waals surface area contributed by atoms with Crippen LogP contribution in [0.15, 0.2) is 24.3 Å². The summed E-state index contributed by atoms with van der Waals surface area (Å²) in [6.45, 7) is 3.52. The first kappa shape index (κ1) is 15.6. The number of nitrogens with zero attached hydrogens (tertiary/aromatic N) is 1. The number of thioether (sulfide) groups is 1. The predicted octanol–water partition coefficient (Wildman–Crippen LogP) is 2.82. The minimum Gasteiger partial charge on any atom is -0.465 e. The van der Waals surface area contributed by atoms with Gasteiger partial charge in [-0.25, -0.2) is 0 Å². The van der Waals surface area contributed by atoms with Crippen molar-refractivity contribution in [2.45, 2.75) is 24.8 Å². The van der Waals surface area contributed by atoms with Gasteiger partial charge in [0.25, 0.3) is 0 Å². The molecule has 0 aromatic heterocycles. The number of aliphatic hydroxyl groups is 1. The van der Waals surface area contributed by atoms with Crippen molar-refractivity contribution < 1.29 is 14.6 Å². The van der Waals surface area contributed by atoms with Gasteiger partial charge in [-0.3, -0.25) is 9.69 Å². The van der Waals surface area contributed by atoms with Gasteiger partial charge in [-0.05, 0) is 32.0 Å². The lowest BCUT2D eigenvalue weighted by Crippen LogP contribution is -2.51. The first-order valence-electron chi connectivity index (χ1n) is 6.03. The Labute approximate surface area is 132 Å². The first-order valence-corrected chi connectivity index (χ1v) is 7.70. The third-order valence-corrected chi connectivity index (χ3v) is 4.88. The number of anilines is 1. The molecule has 108 valence electrons. The zero-order valence-electron chi connectivity index (χ0n) is 11.0. The molecular formula is C13H14ClNO3S2. The van der Waals surface area contributed by atoms with Crippen LogP contribution in [-0.4, -0.2) is 33.0 Å². The van der Waals surface area contributed by atoms with Crippen LogP contribution >= 0.6 is 35.6 Å². The van der Waals surface area contributed by atoms with Crippen molar-refractivity contribution in [3.05, 3.63) is 29.3 Å². The third-order valence-electron chi connectivity index (χ3n) is 2.92. The summed E-state index contributed by atoms with van der Waals surface area (Å²) < 4.78 is 5.40. The number of esters is 1. The van der Waals surface area contributed by atoms with Crippen molar-refractivity contribution in [1.29, 1.82) is 0 Å². The van der Waals surface area contributed by atoms with Crippen LogP contribution < -0.4 is 4.90 Å². The molecule has 0 radical (unpaired) electrons. The smallest absolute Gasteiger partial charge is 0.324 e. The molecule has 0 amide bonds. The number of carbonyl (C=O) groups excluding carboxylic acids is 1. The van der Waals surface area contributed by atoms with Gasteiger partial charge in [0.2, 0.25) is 0 Å². The maximum absolute atomic E-state index is 11.9. The van der Waals surface area contributed by atoms with E-state index in [1.165, 1.54) is 4.90 Å². The second-order valence-electron chi connectivity index (χ2n) is 4.43. The molecule has 2 unspecified atom stereocenters. The molecule has 7 heteroatoms. The number of hydrogen-bond acceptors (Lipinski definition) is 5. The number of benzene rings is 1. The van der Waals surface area contributed by atoms with Gasteiger partial charge in [0.1, 0.15) is 4.32 Å². The van der Waals surface area contributed by atoms with Crippen LogP contribution in [0.2, 0.25) is 5.02 Å². The molecule has 1 saturated heterocycles. The molecule has 1 aliphatic rings. The van der Waals surface area contributed by atoms with E-state index >= 15 is 0 Å². The molecule has 1 aromatic carbocycles. The Kier molecular flexibility index (Phi) is 4.59. The monoisotopic (exact) mass is 331 g/mol. The van der Waals surface area contributed by atoms with Gasteiger partial charge in [0.15, 0.2) is 11.0 Å². The van der Waals surface area contributed by atoms with Crippen molar-refractivity contribution in [3.63, 3.8) is 0 Å². The SMILES string of the molecule is CCOC(=O)C1SC(=S)N(c2cccc(Cl)c2)C1(C)O. The maximum Gasteiger partial charge on any atom is 0.324 e. The van der Waals surface area contributed by atoms with Crippen molar-refractivity contribution in [2.75, 3.05) is 11.5 Å². The minimum absolute atomic E-state index is 0.260.